The Bertz CT molecular complexity index is 433. The predicted octanol–water partition coefficient (Wildman–Crippen LogP) is 3.68. The molecule has 0 aliphatic rings. The number of nitrogen functional groups attached to an aromatic ring is 1. The highest BCUT2D eigenvalue weighted by Crippen LogP contribution is 2.25. The molecule has 0 radical (unpaired) electrons. The third kappa shape index (κ3) is 4.29. The lowest BCUT2D eigenvalue weighted by Crippen LogP contribution is -2.08. The molecule has 98 valence electrons. The average molecular weight is 246 g/mol. The molecule has 0 saturated carbocycles. The van der Waals surface area contributed by atoms with E-state index in [4.69, 9.17) is 15.7 Å². The molecule has 0 bridgehead atoms. The molecule has 0 saturated heterocycles. The Morgan fingerprint density at radius 3 is 2.72 bits per heavy atom. The third-order valence-electron chi connectivity index (χ3n) is 3.04. The minimum absolute atomic E-state index is 0.234. The number of para-hydroxylation sites is 1. The fraction of sp³-hybridized carbons (Fsp3) is 0.533. The van der Waals surface area contributed by atoms with Gasteiger partial charge in [0.2, 0.25) is 0 Å². The van der Waals surface area contributed by atoms with Crippen LogP contribution in [0.4, 0.5) is 5.69 Å². The maximum Gasteiger partial charge on any atom is 0.142 e. The molecule has 3 nitrogen and oxygen atoms in total. The van der Waals surface area contributed by atoms with Crippen LogP contribution in [0.2, 0.25) is 0 Å². The number of aryl methyl sites for hydroxylation is 1. The summed E-state index contributed by atoms with van der Waals surface area (Å²) in [7, 11) is 0. The van der Waals surface area contributed by atoms with Gasteiger partial charge < -0.3 is 10.5 Å². The zero-order chi connectivity index (χ0) is 13.6. The molecule has 0 unspecified atom stereocenters. The monoisotopic (exact) mass is 246 g/mol. The van der Waals surface area contributed by atoms with Gasteiger partial charge in [-0.05, 0) is 51.7 Å². The van der Waals surface area contributed by atoms with Gasteiger partial charge in [0.1, 0.15) is 5.75 Å². The van der Waals surface area contributed by atoms with E-state index in [1.54, 1.807) is 0 Å². The second-order valence-electron chi connectivity index (χ2n) is 5.29. The highest BCUT2D eigenvalue weighted by Gasteiger charge is 2.15. The zero-order valence-electron chi connectivity index (χ0n) is 11.5. The van der Waals surface area contributed by atoms with E-state index < -0.39 is 0 Å². The molecular formula is C15H22N2O. The summed E-state index contributed by atoms with van der Waals surface area (Å²) >= 11 is 0. The third-order valence-corrected chi connectivity index (χ3v) is 3.04. The Hall–Kier alpha value is -1.69. The number of hydrogen-bond acceptors (Lipinski definition) is 3. The van der Waals surface area contributed by atoms with Crippen LogP contribution >= 0.6 is 0 Å². The Balaban J connectivity index is 2.31. The summed E-state index contributed by atoms with van der Waals surface area (Å²) < 4.78 is 5.66. The normalized spacial score (nSPS) is 11.0. The van der Waals surface area contributed by atoms with E-state index in [1.165, 1.54) is 0 Å². The number of rotatable bonds is 6. The van der Waals surface area contributed by atoms with Gasteiger partial charge in [0, 0.05) is 0 Å². The van der Waals surface area contributed by atoms with Crippen LogP contribution in [0.5, 0.6) is 5.75 Å². The number of hydrogen-bond donors (Lipinski definition) is 1. The van der Waals surface area contributed by atoms with Gasteiger partial charge in [-0.25, -0.2) is 0 Å². The molecule has 0 fully saturated rings. The number of ether oxygens (including phenoxy) is 1. The molecule has 3 heteroatoms. The number of nitriles is 1. The first-order valence-electron chi connectivity index (χ1n) is 6.35. The Morgan fingerprint density at radius 1 is 1.33 bits per heavy atom. The van der Waals surface area contributed by atoms with Gasteiger partial charge in [0.05, 0.1) is 23.8 Å². The minimum Gasteiger partial charge on any atom is -0.491 e. The lowest BCUT2D eigenvalue weighted by Gasteiger charge is -2.15. The first kappa shape index (κ1) is 14.4. The van der Waals surface area contributed by atoms with Gasteiger partial charge in [-0.15, -0.1) is 0 Å². The van der Waals surface area contributed by atoms with Gasteiger partial charge >= 0.3 is 0 Å². The van der Waals surface area contributed by atoms with Crippen LogP contribution in [-0.4, -0.2) is 6.61 Å². The summed E-state index contributed by atoms with van der Waals surface area (Å²) in [4.78, 5) is 0. The summed E-state index contributed by atoms with van der Waals surface area (Å²) in [6.45, 7) is 6.55. The number of benzene rings is 1. The summed E-state index contributed by atoms with van der Waals surface area (Å²) in [5.74, 6) is 0.759. The Kier molecular flexibility index (Phi) is 5.03. The second kappa shape index (κ2) is 6.30. The van der Waals surface area contributed by atoms with E-state index in [0.717, 1.165) is 36.3 Å². The van der Waals surface area contributed by atoms with E-state index in [0.29, 0.717) is 6.61 Å². The molecule has 0 aliphatic heterocycles. The predicted molar refractivity (Wildman–Crippen MR) is 74.3 cm³/mol. The maximum atomic E-state index is 8.90. The van der Waals surface area contributed by atoms with Crippen LogP contribution in [0.3, 0.4) is 0 Å². The van der Waals surface area contributed by atoms with E-state index in [1.807, 2.05) is 39.0 Å². The van der Waals surface area contributed by atoms with E-state index >= 15 is 0 Å². The highest BCUT2D eigenvalue weighted by atomic mass is 16.5. The van der Waals surface area contributed by atoms with Crippen LogP contribution in [0.25, 0.3) is 0 Å². The quantitative estimate of drug-likeness (QED) is 0.615. The highest BCUT2D eigenvalue weighted by molar-refractivity contribution is 5.57. The molecule has 1 rings (SSSR count). The number of nitrogens with zero attached hydrogens (tertiary/aromatic N) is 1. The smallest absolute Gasteiger partial charge is 0.142 e. The van der Waals surface area contributed by atoms with E-state index in [9.17, 15) is 0 Å². The van der Waals surface area contributed by atoms with Crippen LogP contribution < -0.4 is 10.5 Å². The first-order valence-corrected chi connectivity index (χ1v) is 6.35. The fourth-order valence-electron chi connectivity index (χ4n) is 1.69. The molecule has 0 spiro atoms. The molecule has 1 aromatic rings. The van der Waals surface area contributed by atoms with Crippen molar-refractivity contribution in [1.29, 1.82) is 5.26 Å². The topological polar surface area (TPSA) is 59.0 Å². The van der Waals surface area contributed by atoms with E-state index in [-0.39, 0.29) is 5.41 Å². The molecule has 0 aromatic heterocycles. The average Bonchev–Trinajstić information content (AvgIpc) is 2.34. The second-order valence-corrected chi connectivity index (χ2v) is 5.29. The van der Waals surface area contributed by atoms with Crippen LogP contribution in [0.15, 0.2) is 18.2 Å². The Morgan fingerprint density at radius 2 is 2.06 bits per heavy atom. The summed E-state index contributed by atoms with van der Waals surface area (Å²) in [6, 6.07) is 8.11. The lowest BCUT2D eigenvalue weighted by molar-refractivity contribution is 0.296. The molecule has 0 amide bonds. The molecule has 1 aromatic carbocycles. The number of anilines is 1. The number of unbranched alkanes of at least 4 members (excludes halogenated alkanes) is 1. The van der Waals surface area contributed by atoms with Gasteiger partial charge in [-0.3, -0.25) is 0 Å². The lowest BCUT2D eigenvalue weighted by atomic mass is 9.89. The fourth-order valence-corrected chi connectivity index (χ4v) is 1.69. The van der Waals surface area contributed by atoms with Crippen molar-refractivity contribution in [2.24, 2.45) is 5.41 Å². The molecular weight excluding hydrogens is 224 g/mol. The summed E-state index contributed by atoms with van der Waals surface area (Å²) in [5, 5.41) is 8.90. The first-order chi connectivity index (χ1) is 8.46. The summed E-state index contributed by atoms with van der Waals surface area (Å²) in [6.07, 6.45) is 2.83. The van der Waals surface area contributed by atoms with Crippen molar-refractivity contribution in [3.05, 3.63) is 23.8 Å². The van der Waals surface area contributed by atoms with Crippen LogP contribution in [0.1, 0.15) is 38.7 Å². The molecule has 0 aliphatic carbocycles. The van der Waals surface area contributed by atoms with Gasteiger partial charge in [-0.1, -0.05) is 12.1 Å². The SMILES string of the molecule is Cc1cccc(OCCCCC(C)(C)C#N)c1N. The van der Waals surface area contributed by atoms with Crippen molar-refractivity contribution in [3.63, 3.8) is 0 Å². The van der Waals surface area contributed by atoms with Gasteiger partial charge in [-0.2, -0.15) is 5.26 Å². The van der Waals surface area contributed by atoms with Crippen LogP contribution in [0, 0.1) is 23.7 Å². The summed E-state index contributed by atoms with van der Waals surface area (Å²) in [5.41, 5.74) is 7.44. The van der Waals surface area contributed by atoms with Crippen molar-refractivity contribution in [2.75, 3.05) is 12.3 Å². The van der Waals surface area contributed by atoms with Crippen molar-refractivity contribution >= 4 is 5.69 Å². The van der Waals surface area contributed by atoms with E-state index in [2.05, 4.69) is 6.07 Å². The van der Waals surface area contributed by atoms with Crippen molar-refractivity contribution in [3.8, 4) is 11.8 Å². The largest absolute Gasteiger partial charge is 0.491 e. The number of nitrogens with two attached hydrogens (primary N) is 1. The van der Waals surface area contributed by atoms with Crippen LogP contribution in [-0.2, 0) is 0 Å². The van der Waals surface area contributed by atoms with Gasteiger partial charge in [0.15, 0.2) is 0 Å². The van der Waals surface area contributed by atoms with Crippen molar-refractivity contribution in [1.82, 2.24) is 0 Å². The Labute approximate surface area is 110 Å². The zero-order valence-corrected chi connectivity index (χ0v) is 11.5. The van der Waals surface area contributed by atoms with Crippen molar-refractivity contribution in [2.45, 2.75) is 40.0 Å². The standard InChI is InChI=1S/C15H22N2O/c1-12-7-6-8-13(14(12)17)18-10-5-4-9-15(2,3)11-16/h6-8H,4-5,9-10,17H2,1-3H3. The molecule has 0 heterocycles. The molecule has 18 heavy (non-hydrogen) atoms. The minimum atomic E-state index is -0.234. The van der Waals surface area contributed by atoms with Gasteiger partial charge in [0.25, 0.3) is 0 Å². The van der Waals surface area contributed by atoms with Crippen molar-refractivity contribution < 1.29 is 4.74 Å². The maximum absolute atomic E-state index is 8.90. The molecule has 0 atom stereocenters. The molecule has 2 N–H and O–H groups in total.